The Balaban J connectivity index is 5.26. The summed E-state index contributed by atoms with van der Waals surface area (Å²) < 4.78 is 0. The average Bonchev–Trinajstić information content (AvgIpc) is 2.59. The van der Waals surface area contributed by atoms with Crippen molar-refractivity contribution < 1.29 is 34.2 Å². The number of aliphatic hydroxyl groups is 1. The maximum Gasteiger partial charge on any atom is 0.322 e. The molecule has 5 unspecified atom stereocenters. The number of carbonyl (C=O) groups is 5. The zero-order valence-corrected chi connectivity index (χ0v) is 16.1. The fourth-order valence-corrected chi connectivity index (χ4v) is 2.19. The molecule has 0 spiro atoms. The van der Waals surface area contributed by atoms with Crippen molar-refractivity contribution in [3.63, 3.8) is 0 Å². The molecule has 12 nitrogen and oxygen atoms in total. The quantitative estimate of drug-likeness (QED) is 0.175. The number of hydrogen-bond donors (Lipinski definition) is 7. The molecule has 0 aliphatic rings. The van der Waals surface area contributed by atoms with Gasteiger partial charge in [-0.3, -0.25) is 24.0 Å². The lowest BCUT2D eigenvalue weighted by atomic mass is 9.97. The predicted octanol–water partition coefficient (Wildman–Crippen LogP) is -3.21. The third kappa shape index (κ3) is 8.77. The van der Waals surface area contributed by atoms with Crippen LogP contribution in [0.25, 0.3) is 0 Å². The van der Waals surface area contributed by atoms with Crippen molar-refractivity contribution in [1.82, 2.24) is 16.0 Å². The first-order valence-electron chi connectivity index (χ1n) is 8.72. The molecule has 0 saturated heterocycles. The Hall–Kier alpha value is -2.73. The molecule has 0 rings (SSSR count). The van der Waals surface area contributed by atoms with Gasteiger partial charge in [0.1, 0.15) is 18.6 Å². The summed E-state index contributed by atoms with van der Waals surface area (Å²) in [6, 6.07) is -3.79. The van der Waals surface area contributed by atoms with Crippen LogP contribution in [0.4, 0.5) is 0 Å². The summed E-state index contributed by atoms with van der Waals surface area (Å²) in [6.07, 6.45) is -1.26. The van der Waals surface area contributed by atoms with Crippen LogP contribution in [0.2, 0.25) is 0 Å². The van der Waals surface area contributed by atoms with Crippen molar-refractivity contribution in [3.8, 4) is 0 Å². The number of aliphatic carboxylic acids is 1. The number of amides is 4. The Morgan fingerprint density at radius 1 is 0.964 bits per heavy atom. The summed E-state index contributed by atoms with van der Waals surface area (Å²) in [5.74, 6) is -4.89. The third-order valence-electron chi connectivity index (χ3n) is 4.03. The van der Waals surface area contributed by atoms with Gasteiger partial charge in [-0.2, -0.15) is 0 Å². The highest BCUT2D eigenvalue weighted by Gasteiger charge is 2.33. The molecule has 5 atom stereocenters. The number of rotatable bonds is 12. The van der Waals surface area contributed by atoms with Crippen molar-refractivity contribution in [3.05, 3.63) is 0 Å². The van der Waals surface area contributed by atoms with Gasteiger partial charge in [-0.25, -0.2) is 0 Å². The monoisotopic (exact) mass is 403 g/mol. The minimum atomic E-state index is -1.44. The van der Waals surface area contributed by atoms with E-state index in [9.17, 15) is 29.1 Å². The highest BCUT2D eigenvalue weighted by atomic mass is 16.4. The van der Waals surface area contributed by atoms with Gasteiger partial charge >= 0.3 is 5.97 Å². The van der Waals surface area contributed by atoms with Crippen LogP contribution in [-0.2, 0) is 24.0 Å². The summed E-state index contributed by atoms with van der Waals surface area (Å²) in [7, 11) is 0. The standard InChI is InChI=1S/C16H29N5O7/c1-4-7(2)12(20-14(26)9(17)5-10(18)23)16(28)21-13(8(3)22)15(27)19-6-11(24)25/h7-9,12-13,22H,4-6,17H2,1-3H3,(H2,18,23)(H,19,27)(H,20,26)(H,21,28)(H,24,25). The van der Waals surface area contributed by atoms with Gasteiger partial charge in [-0.05, 0) is 12.8 Å². The number of carbonyl (C=O) groups excluding carboxylic acids is 4. The van der Waals surface area contributed by atoms with Crippen molar-refractivity contribution in [2.45, 2.75) is 57.8 Å². The highest BCUT2D eigenvalue weighted by Crippen LogP contribution is 2.09. The van der Waals surface area contributed by atoms with E-state index in [0.29, 0.717) is 6.42 Å². The molecular weight excluding hydrogens is 374 g/mol. The molecule has 9 N–H and O–H groups in total. The van der Waals surface area contributed by atoms with E-state index in [-0.39, 0.29) is 5.92 Å². The van der Waals surface area contributed by atoms with Crippen LogP contribution in [0.5, 0.6) is 0 Å². The molecule has 0 radical (unpaired) electrons. The van der Waals surface area contributed by atoms with Gasteiger partial charge in [0.05, 0.1) is 18.6 Å². The fraction of sp³-hybridized carbons (Fsp3) is 0.688. The Kier molecular flexibility index (Phi) is 10.7. The Morgan fingerprint density at radius 2 is 1.50 bits per heavy atom. The summed E-state index contributed by atoms with van der Waals surface area (Å²) in [4.78, 5) is 58.2. The van der Waals surface area contributed by atoms with Gasteiger partial charge in [0, 0.05) is 0 Å². The molecule has 0 aromatic heterocycles. The summed E-state index contributed by atoms with van der Waals surface area (Å²) in [5.41, 5.74) is 10.6. The lowest BCUT2D eigenvalue weighted by Gasteiger charge is -2.28. The van der Waals surface area contributed by atoms with Crippen molar-refractivity contribution in [1.29, 1.82) is 0 Å². The molecule has 4 amide bonds. The second kappa shape index (κ2) is 11.9. The van der Waals surface area contributed by atoms with Crippen LogP contribution in [0.15, 0.2) is 0 Å². The van der Waals surface area contributed by atoms with Crippen molar-refractivity contribution in [2.24, 2.45) is 17.4 Å². The third-order valence-corrected chi connectivity index (χ3v) is 4.03. The molecule has 0 aliphatic heterocycles. The number of carboxylic acids is 1. The van der Waals surface area contributed by atoms with Crippen LogP contribution in [0, 0.1) is 5.92 Å². The summed E-state index contributed by atoms with van der Waals surface area (Å²) in [6.45, 7) is 3.99. The minimum Gasteiger partial charge on any atom is -0.480 e. The van der Waals surface area contributed by atoms with E-state index in [2.05, 4.69) is 16.0 Å². The SMILES string of the molecule is CCC(C)C(NC(=O)C(N)CC(N)=O)C(=O)NC(C(=O)NCC(=O)O)C(C)O. The van der Waals surface area contributed by atoms with Gasteiger partial charge in [0.25, 0.3) is 0 Å². The molecule has 0 aliphatic carbocycles. The molecule has 0 heterocycles. The normalized spacial score (nSPS) is 16.0. The van der Waals surface area contributed by atoms with Gasteiger partial charge in [0.15, 0.2) is 0 Å². The topological polar surface area (TPSA) is 214 Å². The maximum absolute atomic E-state index is 12.6. The second-order valence-corrected chi connectivity index (χ2v) is 6.49. The molecule has 0 bridgehead atoms. The maximum atomic E-state index is 12.6. The van der Waals surface area contributed by atoms with Crippen molar-refractivity contribution in [2.75, 3.05) is 6.54 Å². The molecule has 0 aromatic carbocycles. The van der Waals surface area contributed by atoms with E-state index in [4.69, 9.17) is 16.6 Å². The molecule has 0 fully saturated rings. The van der Waals surface area contributed by atoms with E-state index in [1.165, 1.54) is 6.92 Å². The number of hydrogen-bond acceptors (Lipinski definition) is 7. The van der Waals surface area contributed by atoms with E-state index in [1.807, 2.05) is 0 Å². The van der Waals surface area contributed by atoms with Crippen LogP contribution in [0.3, 0.4) is 0 Å². The molecular formula is C16H29N5O7. The first-order valence-corrected chi connectivity index (χ1v) is 8.72. The number of carboxylic acid groups (broad SMARTS) is 1. The van der Waals surface area contributed by atoms with Crippen molar-refractivity contribution >= 4 is 29.6 Å². The van der Waals surface area contributed by atoms with Crippen LogP contribution in [0.1, 0.15) is 33.6 Å². The Bertz CT molecular complexity index is 596. The van der Waals surface area contributed by atoms with Crippen LogP contribution >= 0.6 is 0 Å². The smallest absolute Gasteiger partial charge is 0.322 e. The summed E-state index contributed by atoms with van der Waals surface area (Å²) >= 11 is 0. The van der Waals surface area contributed by atoms with Gasteiger partial charge in [-0.1, -0.05) is 20.3 Å². The average molecular weight is 403 g/mol. The highest BCUT2D eigenvalue weighted by molar-refractivity contribution is 5.95. The zero-order chi connectivity index (χ0) is 22.0. The van der Waals surface area contributed by atoms with Crippen LogP contribution in [-0.4, -0.2) is 70.6 Å². The van der Waals surface area contributed by atoms with E-state index >= 15 is 0 Å². The largest absolute Gasteiger partial charge is 0.480 e. The van der Waals surface area contributed by atoms with E-state index in [1.54, 1.807) is 13.8 Å². The number of aliphatic hydroxyl groups excluding tert-OH is 1. The second-order valence-electron chi connectivity index (χ2n) is 6.49. The van der Waals surface area contributed by atoms with Gasteiger partial charge < -0.3 is 37.6 Å². The van der Waals surface area contributed by atoms with E-state index in [0.717, 1.165) is 0 Å². The molecule has 160 valence electrons. The number of primary amides is 1. The van der Waals surface area contributed by atoms with Crippen LogP contribution < -0.4 is 27.4 Å². The molecule has 12 heteroatoms. The fourth-order valence-electron chi connectivity index (χ4n) is 2.19. The number of nitrogens with two attached hydrogens (primary N) is 2. The lowest BCUT2D eigenvalue weighted by molar-refractivity contribution is -0.139. The predicted molar refractivity (Wildman–Crippen MR) is 97.4 cm³/mol. The van der Waals surface area contributed by atoms with E-state index < -0.39 is 66.8 Å². The molecule has 0 saturated carbocycles. The summed E-state index contributed by atoms with van der Waals surface area (Å²) in [5, 5.41) is 25.1. The zero-order valence-electron chi connectivity index (χ0n) is 16.1. The first-order chi connectivity index (χ1) is 12.9. The van der Waals surface area contributed by atoms with Gasteiger partial charge in [0.2, 0.25) is 23.6 Å². The Morgan fingerprint density at radius 3 is 1.93 bits per heavy atom. The first kappa shape index (κ1) is 25.3. The minimum absolute atomic E-state index is 0.374. The Labute approximate surface area is 162 Å². The lowest BCUT2D eigenvalue weighted by Crippen LogP contribution is -2.60. The number of nitrogens with one attached hydrogen (secondary N) is 3. The molecule has 28 heavy (non-hydrogen) atoms. The molecule has 0 aromatic rings. The van der Waals surface area contributed by atoms with Gasteiger partial charge in [-0.15, -0.1) is 0 Å².